The topological polar surface area (TPSA) is 79.4 Å². The van der Waals surface area contributed by atoms with Crippen molar-refractivity contribution in [2.24, 2.45) is 0 Å². The molecule has 232 valence electrons. The molecular formula is C33H44N3O5PS. The largest absolute Gasteiger partial charge is 0.444 e. The molecule has 3 aromatic carbocycles. The smallest absolute Gasteiger partial charge is 0.410 e. The van der Waals surface area contributed by atoms with E-state index in [9.17, 15) is 13.2 Å². The first-order valence-corrected chi connectivity index (χ1v) is 17.4. The number of likely N-dealkylation sites (tertiary alicyclic amines) is 1. The van der Waals surface area contributed by atoms with E-state index in [1.165, 1.54) is 10.6 Å². The number of carbonyl (C=O) groups excluding carboxylic acids is 1. The Morgan fingerprint density at radius 2 is 1.35 bits per heavy atom. The van der Waals surface area contributed by atoms with Crippen LogP contribution in [0.2, 0.25) is 0 Å². The summed E-state index contributed by atoms with van der Waals surface area (Å²) in [6.45, 7) is 7.52. The molecule has 4 rings (SSSR count). The number of anilines is 2. The molecule has 0 saturated carbocycles. The molecule has 0 radical (unpaired) electrons. The average Bonchev–Trinajstić information content (AvgIpc) is 3.33. The van der Waals surface area contributed by atoms with Crippen LogP contribution in [-0.2, 0) is 19.0 Å². The second-order valence-electron chi connectivity index (χ2n) is 12.4. The van der Waals surface area contributed by atoms with Crippen molar-refractivity contribution < 1.29 is 22.1 Å². The number of hydrogen-bond acceptors (Lipinski definition) is 7. The number of amides is 1. The minimum atomic E-state index is -4.01. The van der Waals surface area contributed by atoms with Crippen LogP contribution in [0.4, 0.5) is 16.2 Å². The van der Waals surface area contributed by atoms with Gasteiger partial charge >= 0.3 is 6.09 Å². The summed E-state index contributed by atoms with van der Waals surface area (Å²) in [5.74, 6) is 0. The number of benzene rings is 3. The van der Waals surface area contributed by atoms with Gasteiger partial charge in [0.15, 0.2) is 0 Å². The van der Waals surface area contributed by atoms with E-state index in [0.717, 1.165) is 16.9 Å². The van der Waals surface area contributed by atoms with E-state index < -0.39 is 35.8 Å². The number of carbonyl (C=O) groups is 1. The van der Waals surface area contributed by atoms with Crippen LogP contribution in [0.1, 0.15) is 32.8 Å². The van der Waals surface area contributed by atoms with E-state index in [0.29, 0.717) is 12.6 Å². The molecule has 1 aliphatic heterocycles. The first kappa shape index (κ1) is 32.8. The first-order valence-electron chi connectivity index (χ1n) is 14.4. The number of rotatable bonds is 9. The van der Waals surface area contributed by atoms with Crippen LogP contribution in [-0.4, -0.2) is 78.1 Å². The molecule has 1 amide bonds. The minimum Gasteiger partial charge on any atom is -0.444 e. The third-order valence-electron chi connectivity index (χ3n) is 7.33. The summed E-state index contributed by atoms with van der Waals surface area (Å²) >= 11 is 0. The lowest BCUT2D eigenvalue weighted by Gasteiger charge is -2.31. The van der Waals surface area contributed by atoms with Gasteiger partial charge in [-0.3, -0.25) is 4.18 Å². The lowest BCUT2D eigenvalue weighted by atomic mass is 10.2. The monoisotopic (exact) mass is 625 g/mol. The molecular weight excluding hydrogens is 581 g/mol. The van der Waals surface area contributed by atoms with Gasteiger partial charge in [-0.1, -0.05) is 42.0 Å². The maximum atomic E-state index is 13.5. The van der Waals surface area contributed by atoms with Gasteiger partial charge in [-0.15, -0.1) is 0 Å². The number of nitrogens with zero attached hydrogens (tertiary/aromatic N) is 3. The fourth-order valence-electron chi connectivity index (χ4n) is 5.03. The molecule has 1 saturated heterocycles. The standard InChI is InChI=1S/C33H44N3O5PS/c1-24-9-19-31(20-10-24)43(38,39)41-28-21-27(36(22-28)32(37)40-33(2,3)4)23-42(29-15-11-25(12-16-29)34(5)6)30-17-13-26(14-18-30)35(7)8/h9-20,27-28H,21-23H2,1-8H3/t27-,28+/m0/s1. The quantitative estimate of drug-likeness (QED) is 0.235. The number of hydrogen-bond donors (Lipinski definition) is 0. The molecule has 2 atom stereocenters. The molecule has 1 aliphatic rings. The van der Waals surface area contributed by atoms with Gasteiger partial charge in [-0.05, 0) is 95.2 Å². The molecule has 3 aromatic rings. The summed E-state index contributed by atoms with van der Waals surface area (Å²) in [7, 11) is 3.14. The van der Waals surface area contributed by atoms with Gasteiger partial charge in [0.25, 0.3) is 10.1 Å². The molecule has 0 aromatic heterocycles. The van der Waals surface area contributed by atoms with E-state index in [4.69, 9.17) is 8.92 Å². The summed E-state index contributed by atoms with van der Waals surface area (Å²) in [5, 5.41) is 2.36. The molecule has 0 aliphatic carbocycles. The highest BCUT2D eigenvalue weighted by Gasteiger charge is 2.41. The molecule has 10 heteroatoms. The maximum Gasteiger partial charge on any atom is 0.410 e. The van der Waals surface area contributed by atoms with Gasteiger partial charge < -0.3 is 19.4 Å². The number of ether oxygens (including phenoxy) is 1. The molecule has 8 nitrogen and oxygen atoms in total. The SMILES string of the molecule is Cc1ccc(S(=O)(=O)O[C@@H]2C[C@@H](CP(c3ccc(N(C)C)cc3)c3ccc(N(C)C)cc3)N(C(=O)OC(C)(C)C)C2)cc1. The zero-order valence-corrected chi connectivity index (χ0v) is 28.2. The zero-order chi connectivity index (χ0) is 31.5. The van der Waals surface area contributed by atoms with Crippen molar-refractivity contribution in [3.63, 3.8) is 0 Å². The van der Waals surface area contributed by atoms with Crippen molar-refractivity contribution in [3.05, 3.63) is 78.4 Å². The Morgan fingerprint density at radius 1 is 0.860 bits per heavy atom. The van der Waals surface area contributed by atoms with E-state index in [2.05, 4.69) is 58.3 Å². The minimum absolute atomic E-state index is 0.106. The summed E-state index contributed by atoms with van der Waals surface area (Å²) in [6, 6.07) is 23.4. The van der Waals surface area contributed by atoms with E-state index in [1.807, 2.05) is 55.9 Å². The molecule has 1 heterocycles. The third-order valence-corrected chi connectivity index (χ3v) is 11.3. The van der Waals surface area contributed by atoms with Crippen LogP contribution >= 0.6 is 7.92 Å². The lowest BCUT2D eigenvalue weighted by molar-refractivity contribution is 0.0226. The van der Waals surface area contributed by atoms with Gasteiger partial charge in [0.05, 0.1) is 17.5 Å². The van der Waals surface area contributed by atoms with Gasteiger partial charge in [-0.2, -0.15) is 8.42 Å². The second kappa shape index (κ2) is 13.2. The predicted octanol–water partition coefficient (Wildman–Crippen LogP) is 5.34. The average molecular weight is 626 g/mol. The van der Waals surface area contributed by atoms with Gasteiger partial charge in [0.1, 0.15) is 5.60 Å². The van der Waals surface area contributed by atoms with Crippen LogP contribution in [0.25, 0.3) is 0 Å². The highest BCUT2D eigenvalue weighted by Crippen LogP contribution is 2.40. The molecule has 43 heavy (non-hydrogen) atoms. The highest BCUT2D eigenvalue weighted by molar-refractivity contribution is 7.86. The molecule has 0 N–H and O–H groups in total. The Kier molecular flexibility index (Phi) is 10.1. The van der Waals surface area contributed by atoms with Crippen molar-refractivity contribution >= 4 is 46.1 Å². The maximum absolute atomic E-state index is 13.5. The zero-order valence-electron chi connectivity index (χ0n) is 26.4. The van der Waals surface area contributed by atoms with Crippen LogP contribution < -0.4 is 20.4 Å². The van der Waals surface area contributed by atoms with Gasteiger partial charge in [0.2, 0.25) is 0 Å². The fourth-order valence-corrected chi connectivity index (χ4v) is 8.62. The van der Waals surface area contributed by atoms with Crippen LogP contribution in [0, 0.1) is 6.92 Å². The fraction of sp³-hybridized carbons (Fsp3) is 0.424. The predicted molar refractivity (Wildman–Crippen MR) is 177 cm³/mol. The molecule has 0 unspecified atom stereocenters. The lowest BCUT2D eigenvalue weighted by Crippen LogP contribution is -2.42. The normalized spacial score (nSPS) is 17.3. The molecule has 1 fully saturated rings. The Bertz CT molecular complexity index is 1430. The van der Waals surface area contributed by atoms with E-state index in [-0.39, 0.29) is 17.5 Å². The third kappa shape index (κ3) is 8.49. The van der Waals surface area contributed by atoms with Gasteiger partial charge in [-0.25, -0.2) is 4.79 Å². The second-order valence-corrected chi connectivity index (χ2v) is 16.3. The van der Waals surface area contributed by atoms with Crippen LogP contribution in [0.5, 0.6) is 0 Å². The Morgan fingerprint density at radius 3 is 1.79 bits per heavy atom. The van der Waals surface area contributed by atoms with Crippen LogP contribution in [0.15, 0.2) is 77.7 Å². The van der Waals surface area contributed by atoms with Crippen molar-refractivity contribution in [3.8, 4) is 0 Å². The van der Waals surface area contributed by atoms with Crippen molar-refractivity contribution in [2.45, 2.75) is 56.8 Å². The molecule has 0 spiro atoms. The Labute approximate surface area is 258 Å². The van der Waals surface area contributed by atoms with E-state index >= 15 is 0 Å². The van der Waals surface area contributed by atoms with E-state index in [1.54, 1.807) is 29.2 Å². The van der Waals surface area contributed by atoms with Gasteiger partial charge in [0, 0.05) is 45.6 Å². The van der Waals surface area contributed by atoms with Crippen LogP contribution in [0.3, 0.4) is 0 Å². The highest BCUT2D eigenvalue weighted by atomic mass is 32.2. The summed E-state index contributed by atoms with van der Waals surface area (Å²) in [6.07, 6.45) is -0.124. The van der Waals surface area contributed by atoms with Crippen molar-refractivity contribution in [2.75, 3.05) is 50.7 Å². The summed E-state index contributed by atoms with van der Waals surface area (Å²) in [4.78, 5) is 19.4. The Hall–Kier alpha value is -3.13. The summed E-state index contributed by atoms with van der Waals surface area (Å²) in [5.41, 5.74) is 2.48. The Balaban J connectivity index is 1.67. The van der Waals surface area contributed by atoms with Crippen molar-refractivity contribution in [1.82, 2.24) is 4.90 Å². The number of aryl methyl sites for hydroxylation is 1. The molecule has 0 bridgehead atoms. The first-order chi connectivity index (χ1) is 20.1. The summed E-state index contributed by atoms with van der Waals surface area (Å²) < 4.78 is 37.9. The van der Waals surface area contributed by atoms with Crippen molar-refractivity contribution in [1.29, 1.82) is 0 Å².